The molecule has 1 aromatic rings. The van der Waals surface area contributed by atoms with Crippen LogP contribution in [0.3, 0.4) is 0 Å². The van der Waals surface area contributed by atoms with Gasteiger partial charge in [0.05, 0.1) is 6.33 Å². The molecular formula is C10H18N4O. The molecule has 5 nitrogen and oxygen atoms in total. The Balaban J connectivity index is 2.68. The second kappa shape index (κ2) is 4.93. The van der Waals surface area contributed by atoms with Crippen LogP contribution in [0.25, 0.3) is 0 Å². The molecule has 0 saturated heterocycles. The molecule has 2 N–H and O–H groups in total. The summed E-state index contributed by atoms with van der Waals surface area (Å²) in [6, 6.07) is 0.143. The molecule has 1 heterocycles. The van der Waals surface area contributed by atoms with E-state index < -0.39 is 0 Å². The predicted molar refractivity (Wildman–Crippen MR) is 58.4 cm³/mol. The molecule has 0 aliphatic rings. The van der Waals surface area contributed by atoms with Crippen molar-refractivity contribution in [2.24, 2.45) is 12.8 Å². The van der Waals surface area contributed by atoms with E-state index in [1.807, 2.05) is 14.0 Å². The number of carbonyl (C=O) groups is 1. The van der Waals surface area contributed by atoms with Crippen LogP contribution in [-0.2, 0) is 7.05 Å². The van der Waals surface area contributed by atoms with Crippen molar-refractivity contribution >= 4 is 5.91 Å². The van der Waals surface area contributed by atoms with Crippen LogP contribution in [0.4, 0.5) is 0 Å². The van der Waals surface area contributed by atoms with Gasteiger partial charge in [-0.3, -0.25) is 4.79 Å². The number of amides is 1. The maximum Gasteiger partial charge on any atom is 0.274 e. The van der Waals surface area contributed by atoms with Crippen molar-refractivity contribution in [2.45, 2.75) is 19.4 Å². The van der Waals surface area contributed by atoms with Crippen LogP contribution in [0.2, 0.25) is 0 Å². The molecule has 5 heteroatoms. The molecule has 0 bridgehead atoms. The minimum absolute atomic E-state index is 0.0587. The summed E-state index contributed by atoms with van der Waals surface area (Å²) >= 11 is 0. The van der Waals surface area contributed by atoms with Gasteiger partial charge in [-0.15, -0.1) is 0 Å². The zero-order valence-electron chi connectivity index (χ0n) is 9.47. The van der Waals surface area contributed by atoms with Gasteiger partial charge in [0.25, 0.3) is 5.91 Å². The highest BCUT2D eigenvalue weighted by Gasteiger charge is 2.18. The van der Waals surface area contributed by atoms with Crippen LogP contribution < -0.4 is 5.73 Å². The fourth-order valence-electron chi connectivity index (χ4n) is 1.34. The van der Waals surface area contributed by atoms with Crippen molar-refractivity contribution < 1.29 is 4.79 Å². The molecule has 1 amide bonds. The zero-order chi connectivity index (χ0) is 11.4. The van der Waals surface area contributed by atoms with Crippen molar-refractivity contribution in [3.05, 3.63) is 18.2 Å². The second-order valence-corrected chi connectivity index (χ2v) is 3.77. The number of aromatic nitrogens is 2. The molecular weight excluding hydrogens is 192 g/mol. The van der Waals surface area contributed by atoms with Crippen LogP contribution in [0.5, 0.6) is 0 Å². The standard InChI is InChI=1S/C10H18N4O/c1-8(4-5-11)14(3)10(15)9-6-13(2)7-12-9/h6-8H,4-5,11H2,1-3H3. The number of hydrogen-bond donors (Lipinski definition) is 1. The van der Waals surface area contributed by atoms with Gasteiger partial charge in [0.2, 0.25) is 0 Å². The van der Waals surface area contributed by atoms with Crippen molar-refractivity contribution in [1.82, 2.24) is 14.5 Å². The van der Waals surface area contributed by atoms with Crippen LogP contribution in [0, 0.1) is 0 Å². The number of carbonyl (C=O) groups excluding carboxylic acids is 1. The molecule has 0 aliphatic heterocycles. The Kier molecular flexibility index (Phi) is 3.85. The molecule has 1 unspecified atom stereocenters. The van der Waals surface area contributed by atoms with E-state index in [0.717, 1.165) is 6.42 Å². The van der Waals surface area contributed by atoms with E-state index in [1.54, 1.807) is 29.0 Å². The Morgan fingerprint density at radius 2 is 2.40 bits per heavy atom. The predicted octanol–water partition coefficient (Wildman–Crippen LogP) is 0.229. The number of hydrogen-bond acceptors (Lipinski definition) is 3. The Hall–Kier alpha value is -1.36. The number of imidazole rings is 1. The molecule has 84 valence electrons. The molecule has 1 aromatic heterocycles. The highest BCUT2D eigenvalue weighted by atomic mass is 16.2. The fraction of sp³-hybridized carbons (Fsp3) is 0.600. The van der Waals surface area contributed by atoms with Gasteiger partial charge in [0.1, 0.15) is 5.69 Å². The Bertz CT molecular complexity index is 334. The van der Waals surface area contributed by atoms with Crippen LogP contribution >= 0.6 is 0 Å². The van der Waals surface area contributed by atoms with Gasteiger partial charge < -0.3 is 15.2 Å². The van der Waals surface area contributed by atoms with E-state index in [2.05, 4.69) is 4.98 Å². The Labute approximate surface area is 89.9 Å². The normalized spacial score (nSPS) is 12.5. The fourth-order valence-corrected chi connectivity index (χ4v) is 1.34. The topological polar surface area (TPSA) is 64.2 Å². The second-order valence-electron chi connectivity index (χ2n) is 3.77. The minimum Gasteiger partial charge on any atom is -0.340 e. The Morgan fingerprint density at radius 1 is 1.73 bits per heavy atom. The summed E-state index contributed by atoms with van der Waals surface area (Å²) in [7, 11) is 3.62. The van der Waals surface area contributed by atoms with Crippen molar-refractivity contribution in [3.8, 4) is 0 Å². The first-order valence-corrected chi connectivity index (χ1v) is 5.01. The highest BCUT2D eigenvalue weighted by molar-refractivity contribution is 5.92. The average Bonchev–Trinajstić information content (AvgIpc) is 2.63. The molecule has 0 radical (unpaired) electrons. The molecule has 1 rings (SSSR count). The SMILES string of the molecule is CC(CCN)N(C)C(=O)c1cn(C)cn1. The first-order valence-electron chi connectivity index (χ1n) is 5.01. The van der Waals surface area contributed by atoms with E-state index >= 15 is 0 Å². The summed E-state index contributed by atoms with van der Waals surface area (Å²) in [4.78, 5) is 17.6. The maximum absolute atomic E-state index is 11.9. The van der Waals surface area contributed by atoms with Crippen molar-refractivity contribution in [2.75, 3.05) is 13.6 Å². The van der Waals surface area contributed by atoms with Gasteiger partial charge >= 0.3 is 0 Å². The van der Waals surface area contributed by atoms with Crippen LogP contribution in [0.1, 0.15) is 23.8 Å². The van der Waals surface area contributed by atoms with Gasteiger partial charge in [-0.05, 0) is 19.9 Å². The molecule has 0 aliphatic carbocycles. The van der Waals surface area contributed by atoms with Gasteiger partial charge in [0.15, 0.2) is 0 Å². The Morgan fingerprint density at radius 3 is 2.87 bits per heavy atom. The monoisotopic (exact) mass is 210 g/mol. The summed E-state index contributed by atoms with van der Waals surface area (Å²) in [5.74, 6) is -0.0587. The van der Waals surface area contributed by atoms with E-state index in [4.69, 9.17) is 5.73 Å². The summed E-state index contributed by atoms with van der Waals surface area (Å²) in [6.07, 6.45) is 4.14. The van der Waals surface area contributed by atoms with E-state index in [-0.39, 0.29) is 11.9 Å². The lowest BCUT2D eigenvalue weighted by molar-refractivity contribution is 0.0733. The summed E-state index contributed by atoms with van der Waals surface area (Å²) in [5, 5.41) is 0. The van der Waals surface area contributed by atoms with E-state index in [0.29, 0.717) is 12.2 Å². The third kappa shape index (κ3) is 2.79. The van der Waals surface area contributed by atoms with Gasteiger partial charge in [-0.2, -0.15) is 0 Å². The van der Waals surface area contributed by atoms with Gasteiger partial charge in [0, 0.05) is 26.3 Å². The first-order chi connectivity index (χ1) is 7.06. The zero-order valence-corrected chi connectivity index (χ0v) is 9.47. The largest absolute Gasteiger partial charge is 0.340 e. The smallest absolute Gasteiger partial charge is 0.274 e. The number of aryl methyl sites for hydroxylation is 1. The average molecular weight is 210 g/mol. The lowest BCUT2D eigenvalue weighted by Crippen LogP contribution is -2.36. The molecule has 0 saturated carbocycles. The van der Waals surface area contributed by atoms with Gasteiger partial charge in [-0.1, -0.05) is 0 Å². The maximum atomic E-state index is 11.9. The lowest BCUT2D eigenvalue weighted by atomic mass is 10.2. The van der Waals surface area contributed by atoms with Crippen molar-refractivity contribution in [1.29, 1.82) is 0 Å². The number of rotatable bonds is 4. The molecule has 1 atom stereocenters. The highest BCUT2D eigenvalue weighted by Crippen LogP contribution is 2.06. The van der Waals surface area contributed by atoms with Crippen molar-refractivity contribution in [3.63, 3.8) is 0 Å². The molecule has 0 fully saturated rings. The van der Waals surface area contributed by atoms with E-state index in [9.17, 15) is 4.79 Å². The minimum atomic E-state index is -0.0587. The quantitative estimate of drug-likeness (QED) is 0.773. The summed E-state index contributed by atoms with van der Waals surface area (Å²) in [6.45, 7) is 2.56. The number of nitrogens with two attached hydrogens (primary N) is 1. The summed E-state index contributed by atoms with van der Waals surface area (Å²) in [5.41, 5.74) is 5.93. The molecule has 0 spiro atoms. The summed E-state index contributed by atoms with van der Waals surface area (Å²) < 4.78 is 1.76. The van der Waals surface area contributed by atoms with E-state index in [1.165, 1.54) is 0 Å². The van der Waals surface area contributed by atoms with Crippen LogP contribution in [0.15, 0.2) is 12.5 Å². The third-order valence-corrected chi connectivity index (χ3v) is 2.49. The molecule has 0 aromatic carbocycles. The first kappa shape index (κ1) is 11.7. The molecule has 15 heavy (non-hydrogen) atoms. The van der Waals surface area contributed by atoms with Crippen LogP contribution in [-0.4, -0.2) is 40.0 Å². The van der Waals surface area contributed by atoms with Gasteiger partial charge in [-0.25, -0.2) is 4.98 Å². The lowest BCUT2D eigenvalue weighted by Gasteiger charge is -2.23. The number of nitrogens with zero attached hydrogens (tertiary/aromatic N) is 3. The third-order valence-electron chi connectivity index (χ3n) is 2.49.